The molecule has 1 fully saturated rings. The first kappa shape index (κ1) is 22.3. The summed E-state index contributed by atoms with van der Waals surface area (Å²) in [6.07, 6.45) is -0.132. The molecule has 1 aliphatic heterocycles. The van der Waals surface area contributed by atoms with E-state index in [1.165, 1.54) is 6.07 Å². The lowest BCUT2D eigenvalue weighted by molar-refractivity contribution is -0.151. The number of ether oxygens (including phenoxy) is 1. The Labute approximate surface area is 194 Å². The minimum atomic E-state index is -0.797. The Bertz CT molecular complexity index is 1240. The predicted molar refractivity (Wildman–Crippen MR) is 122 cm³/mol. The number of esters is 1. The highest BCUT2D eigenvalue weighted by atomic mass is 35.5. The molecule has 3 aromatic rings. The molecule has 0 unspecified atom stereocenters. The van der Waals surface area contributed by atoms with Gasteiger partial charge in [0.1, 0.15) is 0 Å². The summed E-state index contributed by atoms with van der Waals surface area (Å²) in [6.45, 7) is -0.544. The molecular formula is C24H20ClN3O5. The maximum Gasteiger partial charge on any atom is 0.311 e. The predicted octanol–water partition coefficient (Wildman–Crippen LogP) is 3.17. The molecule has 1 aliphatic rings. The van der Waals surface area contributed by atoms with Crippen LogP contribution in [0.5, 0.6) is 0 Å². The summed E-state index contributed by atoms with van der Waals surface area (Å²) >= 11 is 6.00. The standard InChI is InChI=1S/C24H20ClN3O5/c25-19-10-4-3-9-18(19)23(31)27-28-13-16(12-22(28)30)24(32)33-14-21(29)26-20-11-5-7-15-6-1-2-8-17(15)20/h1-11,16H,12-14H2,(H,26,29)(H,27,31)/t16-/m0/s1. The first-order valence-corrected chi connectivity index (χ1v) is 10.6. The molecule has 1 saturated heterocycles. The van der Waals surface area contributed by atoms with Gasteiger partial charge >= 0.3 is 5.97 Å². The molecule has 0 spiro atoms. The number of halogens is 1. The Morgan fingerprint density at radius 2 is 1.73 bits per heavy atom. The molecule has 0 bridgehead atoms. The van der Waals surface area contributed by atoms with Crippen LogP contribution in [-0.4, -0.2) is 41.9 Å². The van der Waals surface area contributed by atoms with Gasteiger partial charge in [0.2, 0.25) is 5.91 Å². The smallest absolute Gasteiger partial charge is 0.311 e. The van der Waals surface area contributed by atoms with Gasteiger partial charge in [0.05, 0.1) is 23.0 Å². The number of nitrogens with one attached hydrogen (secondary N) is 2. The van der Waals surface area contributed by atoms with E-state index in [4.69, 9.17) is 16.3 Å². The molecule has 8 nitrogen and oxygen atoms in total. The Morgan fingerprint density at radius 3 is 2.55 bits per heavy atom. The molecule has 0 saturated carbocycles. The molecule has 0 aliphatic carbocycles. The first-order chi connectivity index (χ1) is 15.9. The molecule has 4 rings (SSSR count). The van der Waals surface area contributed by atoms with Crippen LogP contribution in [0.15, 0.2) is 66.7 Å². The Balaban J connectivity index is 1.30. The third-order valence-corrected chi connectivity index (χ3v) is 5.55. The third-order valence-electron chi connectivity index (χ3n) is 5.22. The summed E-state index contributed by atoms with van der Waals surface area (Å²) < 4.78 is 5.11. The fourth-order valence-corrected chi connectivity index (χ4v) is 3.80. The zero-order chi connectivity index (χ0) is 23.4. The molecule has 9 heteroatoms. The topological polar surface area (TPSA) is 105 Å². The molecule has 3 aromatic carbocycles. The van der Waals surface area contributed by atoms with E-state index < -0.39 is 36.2 Å². The molecule has 2 N–H and O–H groups in total. The summed E-state index contributed by atoms with van der Waals surface area (Å²) in [5.74, 6) is -2.97. The molecular weight excluding hydrogens is 446 g/mol. The van der Waals surface area contributed by atoms with E-state index in [1.54, 1.807) is 24.3 Å². The Morgan fingerprint density at radius 1 is 1.00 bits per heavy atom. The van der Waals surface area contributed by atoms with Gasteiger partial charge in [-0.05, 0) is 23.6 Å². The normalized spacial score (nSPS) is 15.4. The van der Waals surface area contributed by atoms with Crippen LogP contribution in [0.1, 0.15) is 16.8 Å². The van der Waals surface area contributed by atoms with Crippen LogP contribution in [0.4, 0.5) is 5.69 Å². The van der Waals surface area contributed by atoms with Crippen molar-refractivity contribution in [1.29, 1.82) is 0 Å². The van der Waals surface area contributed by atoms with E-state index >= 15 is 0 Å². The lowest BCUT2D eigenvalue weighted by Gasteiger charge is -2.18. The minimum absolute atomic E-state index is 0.0567. The fourth-order valence-electron chi connectivity index (χ4n) is 3.58. The van der Waals surface area contributed by atoms with E-state index in [9.17, 15) is 19.2 Å². The fraction of sp³-hybridized carbons (Fsp3) is 0.167. The third kappa shape index (κ3) is 5.12. The average molecular weight is 466 g/mol. The molecule has 3 amide bonds. The van der Waals surface area contributed by atoms with Crippen LogP contribution in [-0.2, 0) is 19.1 Å². The van der Waals surface area contributed by atoms with Crippen molar-refractivity contribution < 1.29 is 23.9 Å². The zero-order valence-corrected chi connectivity index (χ0v) is 18.2. The molecule has 0 radical (unpaired) electrons. The highest BCUT2D eigenvalue weighted by Gasteiger charge is 2.37. The highest BCUT2D eigenvalue weighted by Crippen LogP contribution is 2.23. The van der Waals surface area contributed by atoms with Gasteiger partial charge in [-0.25, -0.2) is 0 Å². The summed E-state index contributed by atoms with van der Waals surface area (Å²) in [7, 11) is 0. The minimum Gasteiger partial charge on any atom is -0.455 e. The number of carbonyl (C=O) groups is 4. The number of carbonyl (C=O) groups excluding carboxylic acids is 4. The van der Waals surface area contributed by atoms with Gasteiger partial charge in [-0.15, -0.1) is 0 Å². The maximum absolute atomic E-state index is 12.4. The van der Waals surface area contributed by atoms with E-state index in [0.29, 0.717) is 5.69 Å². The summed E-state index contributed by atoms with van der Waals surface area (Å²) in [5, 5.41) is 5.88. The lowest BCUT2D eigenvalue weighted by Crippen LogP contribution is -2.43. The largest absolute Gasteiger partial charge is 0.455 e. The van der Waals surface area contributed by atoms with Crippen molar-refractivity contribution in [3.05, 3.63) is 77.3 Å². The van der Waals surface area contributed by atoms with Crippen LogP contribution >= 0.6 is 11.6 Å². The maximum atomic E-state index is 12.4. The zero-order valence-electron chi connectivity index (χ0n) is 17.4. The summed E-state index contributed by atoms with van der Waals surface area (Å²) in [6, 6.07) is 19.5. The van der Waals surface area contributed by atoms with Crippen molar-refractivity contribution in [2.24, 2.45) is 5.92 Å². The molecule has 0 aromatic heterocycles. The Hall–Kier alpha value is -3.91. The van der Waals surface area contributed by atoms with E-state index in [0.717, 1.165) is 15.8 Å². The second-order valence-electron chi connectivity index (χ2n) is 7.51. The van der Waals surface area contributed by atoms with E-state index in [2.05, 4.69) is 10.7 Å². The number of anilines is 1. The van der Waals surface area contributed by atoms with Crippen molar-refractivity contribution in [2.45, 2.75) is 6.42 Å². The monoisotopic (exact) mass is 465 g/mol. The van der Waals surface area contributed by atoms with Gasteiger partial charge in [-0.3, -0.25) is 29.6 Å². The van der Waals surface area contributed by atoms with Crippen molar-refractivity contribution in [3.63, 3.8) is 0 Å². The summed E-state index contributed by atoms with van der Waals surface area (Å²) in [4.78, 5) is 49.3. The number of benzene rings is 3. The van der Waals surface area contributed by atoms with Crippen LogP contribution in [0, 0.1) is 5.92 Å². The van der Waals surface area contributed by atoms with Crippen LogP contribution < -0.4 is 10.7 Å². The number of amides is 3. The van der Waals surface area contributed by atoms with Crippen molar-refractivity contribution in [2.75, 3.05) is 18.5 Å². The van der Waals surface area contributed by atoms with Gasteiger partial charge in [0.15, 0.2) is 6.61 Å². The van der Waals surface area contributed by atoms with Gasteiger partial charge in [0.25, 0.3) is 11.8 Å². The number of hydrogen-bond acceptors (Lipinski definition) is 5. The lowest BCUT2D eigenvalue weighted by atomic mass is 10.1. The molecule has 33 heavy (non-hydrogen) atoms. The average Bonchev–Trinajstić information content (AvgIpc) is 3.18. The number of rotatable bonds is 6. The van der Waals surface area contributed by atoms with Crippen LogP contribution in [0.2, 0.25) is 5.02 Å². The molecule has 1 atom stereocenters. The van der Waals surface area contributed by atoms with Gasteiger partial charge < -0.3 is 10.1 Å². The molecule has 168 valence electrons. The number of hydrogen-bond donors (Lipinski definition) is 2. The Kier molecular flexibility index (Phi) is 6.55. The second kappa shape index (κ2) is 9.70. The molecule has 1 heterocycles. The van der Waals surface area contributed by atoms with Gasteiger partial charge in [-0.1, -0.05) is 60.1 Å². The van der Waals surface area contributed by atoms with Crippen molar-refractivity contribution in [3.8, 4) is 0 Å². The van der Waals surface area contributed by atoms with Gasteiger partial charge in [-0.2, -0.15) is 0 Å². The van der Waals surface area contributed by atoms with Crippen LogP contribution in [0.25, 0.3) is 10.8 Å². The van der Waals surface area contributed by atoms with E-state index in [-0.39, 0.29) is 23.6 Å². The van der Waals surface area contributed by atoms with Crippen LogP contribution in [0.3, 0.4) is 0 Å². The quantitative estimate of drug-likeness (QED) is 0.544. The van der Waals surface area contributed by atoms with Crippen molar-refractivity contribution in [1.82, 2.24) is 10.4 Å². The number of fused-ring (bicyclic) bond motifs is 1. The highest BCUT2D eigenvalue weighted by molar-refractivity contribution is 6.33. The number of hydrazine groups is 1. The van der Waals surface area contributed by atoms with Crippen molar-refractivity contribution >= 4 is 51.8 Å². The van der Waals surface area contributed by atoms with Gasteiger partial charge in [0, 0.05) is 17.5 Å². The number of nitrogens with zero attached hydrogens (tertiary/aromatic N) is 1. The summed E-state index contributed by atoms with van der Waals surface area (Å²) in [5.41, 5.74) is 3.28. The van der Waals surface area contributed by atoms with E-state index in [1.807, 2.05) is 36.4 Å². The second-order valence-corrected chi connectivity index (χ2v) is 7.92. The SMILES string of the molecule is O=C(COC(=O)[C@H]1CC(=O)N(NC(=O)c2ccccc2Cl)C1)Nc1cccc2ccccc12. The first-order valence-electron chi connectivity index (χ1n) is 10.2.